The topological polar surface area (TPSA) is 21.3 Å². The van der Waals surface area contributed by atoms with Crippen LogP contribution in [0, 0.1) is 0 Å². The molecule has 1 N–H and O–H groups in total. The zero-order valence-corrected chi connectivity index (χ0v) is 8.47. The molecular formula is C10H21NO. The summed E-state index contributed by atoms with van der Waals surface area (Å²) in [6.07, 6.45) is 3.17. The predicted molar refractivity (Wildman–Crippen MR) is 53.4 cm³/mol. The van der Waals surface area contributed by atoms with Crippen LogP contribution in [0.5, 0.6) is 0 Å². The van der Waals surface area contributed by atoms with Crippen molar-refractivity contribution in [1.82, 2.24) is 5.32 Å². The summed E-state index contributed by atoms with van der Waals surface area (Å²) in [5.41, 5.74) is 0. The van der Waals surface area contributed by atoms with Crippen molar-refractivity contribution >= 4 is 0 Å². The van der Waals surface area contributed by atoms with Crippen molar-refractivity contribution in [2.75, 3.05) is 13.2 Å². The molecule has 0 saturated carbocycles. The minimum atomic E-state index is 0.271. The molecule has 0 rings (SSSR count). The molecule has 0 bridgehead atoms. The van der Waals surface area contributed by atoms with Crippen molar-refractivity contribution in [2.24, 2.45) is 0 Å². The number of rotatable bonds is 7. The Kier molecular flexibility index (Phi) is 7.11. The molecule has 72 valence electrons. The highest BCUT2D eigenvalue weighted by atomic mass is 16.5. The zero-order chi connectivity index (χ0) is 9.40. The molecule has 0 fully saturated rings. The summed E-state index contributed by atoms with van der Waals surface area (Å²) in [7, 11) is 0. The zero-order valence-electron chi connectivity index (χ0n) is 8.47. The van der Waals surface area contributed by atoms with Crippen LogP contribution in [0.15, 0.2) is 12.7 Å². The van der Waals surface area contributed by atoms with Crippen LogP contribution >= 0.6 is 0 Å². The quantitative estimate of drug-likeness (QED) is 0.591. The molecule has 2 unspecified atom stereocenters. The Labute approximate surface area is 76.0 Å². The maximum Gasteiger partial charge on any atom is 0.0702 e. The van der Waals surface area contributed by atoms with Gasteiger partial charge < -0.3 is 10.1 Å². The Morgan fingerprint density at radius 1 is 1.50 bits per heavy atom. The first-order valence-corrected chi connectivity index (χ1v) is 4.72. The van der Waals surface area contributed by atoms with Crippen LogP contribution in [0.4, 0.5) is 0 Å². The van der Waals surface area contributed by atoms with E-state index in [0.29, 0.717) is 6.04 Å². The van der Waals surface area contributed by atoms with E-state index in [1.165, 1.54) is 0 Å². The minimum Gasteiger partial charge on any atom is -0.377 e. The summed E-state index contributed by atoms with van der Waals surface area (Å²) in [6, 6.07) is 0.410. The SMILES string of the molecule is C=CCC(NCC)C(C)OCC. The van der Waals surface area contributed by atoms with Crippen LogP contribution in [-0.4, -0.2) is 25.3 Å². The average Bonchev–Trinajstić information content (AvgIpc) is 2.04. The van der Waals surface area contributed by atoms with Crippen LogP contribution < -0.4 is 5.32 Å². The van der Waals surface area contributed by atoms with Gasteiger partial charge in [0.2, 0.25) is 0 Å². The van der Waals surface area contributed by atoms with Crippen LogP contribution in [-0.2, 0) is 4.74 Å². The van der Waals surface area contributed by atoms with Gasteiger partial charge in [0, 0.05) is 12.6 Å². The van der Waals surface area contributed by atoms with Gasteiger partial charge in [-0.1, -0.05) is 13.0 Å². The summed E-state index contributed by atoms with van der Waals surface area (Å²) in [4.78, 5) is 0. The van der Waals surface area contributed by atoms with Gasteiger partial charge in [0.1, 0.15) is 0 Å². The Bertz CT molecular complexity index is 114. The van der Waals surface area contributed by atoms with Crippen molar-refractivity contribution in [3.05, 3.63) is 12.7 Å². The molecule has 0 aliphatic rings. The third kappa shape index (κ3) is 4.52. The molecule has 2 heteroatoms. The van der Waals surface area contributed by atoms with Gasteiger partial charge in [-0.05, 0) is 26.8 Å². The summed E-state index contributed by atoms with van der Waals surface area (Å²) in [5, 5.41) is 3.37. The average molecular weight is 171 g/mol. The van der Waals surface area contributed by atoms with Gasteiger partial charge in [-0.3, -0.25) is 0 Å². The standard InChI is InChI=1S/C10H21NO/c1-5-8-10(11-6-2)9(4)12-7-3/h5,9-11H,1,6-8H2,2-4H3. The van der Waals surface area contributed by atoms with E-state index in [0.717, 1.165) is 19.6 Å². The van der Waals surface area contributed by atoms with Gasteiger partial charge in [0.15, 0.2) is 0 Å². The van der Waals surface area contributed by atoms with Gasteiger partial charge >= 0.3 is 0 Å². The van der Waals surface area contributed by atoms with Gasteiger partial charge in [-0.15, -0.1) is 6.58 Å². The van der Waals surface area contributed by atoms with Gasteiger partial charge in [0.05, 0.1) is 6.10 Å². The summed E-state index contributed by atoms with van der Waals surface area (Å²) < 4.78 is 5.50. The predicted octanol–water partition coefficient (Wildman–Crippen LogP) is 1.97. The first-order chi connectivity index (χ1) is 5.76. The van der Waals surface area contributed by atoms with E-state index < -0.39 is 0 Å². The molecule has 0 saturated heterocycles. The van der Waals surface area contributed by atoms with E-state index in [1.54, 1.807) is 0 Å². The van der Waals surface area contributed by atoms with Crippen LogP contribution in [0.3, 0.4) is 0 Å². The second-order valence-electron chi connectivity index (χ2n) is 2.85. The van der Waals surface area contributed by atoms with E-state index in [4.69, 9.17) is 4.74 Å². The van der Waals surface area contributed by atoms with Crippen LogP contribution in [0.25, 0.3) is 0 Å². The molecule has 0 radical (unpaired) electrons. The molecule has 2 atom stereocenters. The number of hydrogen-bond donors (Lipinski definition) is 1. The Morgan fingerprint density at radius 3 is 2.58 bits per heavy atom. The van der Waals surface area contributed by atoms with Crippen LogP contribution in [0.1, 0.15) is 27.2 Å². The smallest absolute Gasteiger partial charge is 0.0702 e. The van der Waals surface area contributed by atoms with Crippen molar-refractivity contribution in [3.8, 4) is 0 Å². The highest BCUT2D eigenvalue weighted by Gasteiger charge is 2.13. The third-order valence-corrected chi connectivity index (χ3v) is 1.88. The first kappa shape index (κ1) is 11.7. The fraction of sp³-hybridized carbons (Fsp3) is 0.800. The van der Waals surface area contributed by atoms with E-state index >= 15 is 0 Å². The van der Waals surface area contributed by atoms with E-state index in [-0.39, 0.29) is 6.10 Å². The number of likely N-dealkylation sites (N-methyl/N-ethyl adjacent to an activating group) is 1. The maximum absolute atomic E-state index is 5.50. The number of hydrogen-bond acceptors (Lipinski definition) is 2. The molecule has 0 aromatic heterocycles. The highest BCUT2D eigenvalue weighted by Crippen LogP contribution is 2.03. The molecule has 0 amide bonds. The molecule has 12 heavy (non-hydrogen) atoms. The first-order valence-electron chi connectivity index (χ1n) is 4.72. The van der Waals surface area contributed by atoms with Crippen molar-refractivity contribution in [2.45, 2.75) is 39.3 Å². The van der Waals surface area contributed by atoms with Crippen molar-refractivity contribution in [1.29, 1.82) is 0 Å². The Balaban J connectivity index is 3.80. The highest BCUT2D eigenvalue weighted by molar-refractivity contribution is 4.81. The van der Waals surface area contributed by atoms with Crippen molar-refractivity contribution in [3.63, 3.8) is 0 Å². The lowest BCUT2D eigenvalue weighted by Crippen LogP contribution is -2.39. The summed E-state index contributed by atoms with van der Waals surface area (Å²) in [5.74, 6) is 0. The largest absolute Gasteiger partial charge is 0.377 e. The van der Waals surface area contributed by atoms with E-state index in [9.17, 15) is 0 Å². The van der Waals surface area contributed by atoms with Gasteiger partial charge in [0.25, 0.3) is 0 Å². The third-order valence-electron chi connectivity index (χ3n) is 1.88. The van der Waals surface area contributed by atoms with Gasteiger partial charge in [-0.25, -0.2) is 0 Å². The lowest BCUT2D eigenvalue weighted by Gasteiger charge is -2.23. The number of nitrogens with one attached hydrogen (secondary N) is 1. The van der Waals surface area contributed by atoms with Crippen LogP contribution in [0.2, 0.25) is 0 Å². The Hall–Kier alpha value is -0.340. The molecule has 0 spiro atoms. The summed E-state index contributed by atoms with van der Waals surface area (Å²) >= 11 is 0. The lowest BCUT2D eigenvalue weighted by atomic mass is 10.1. The molecule has 2 nitrogen and oxygen atoms in total. The van der Waals surface area contributed by atoms with Crippen molar-refractivity contribution < 1.29 is 4.74 Å². The fourth-order valence-electron chi connectivity index (χ4n) is 1.26. The summed E-state index contributed by atoms with van der Waals surface area (Å²) in [6.45, 7) is 11.7. The number of ether oxygens (including phenoxy) is 1. The normalized spacial score (nSPS) is 15.6. The molecule has 0 aromatic carbocycles. The van der Waals surface area contributed by atoms with E-state index in [2.05, 4.69) is 25.7 Å². The second-order valence-corrected chi connectivity index (χ2v) is 2.85. The maximum atomic E-state index is 5.50. The fourth-order valence-corrected chi connectivity index (χ4v) is 1.26. The molecular weight excluding hydrogens is 150 g/mol. The lowest BCUT2D eigenvalue weighted by molar-refractivity contribution is 0.0487. The molecule has 0 aromatic rings. The minimum absolute atomic E-state index is 0.271. The van der Waals surface area contributed by atoms with Gasteiger partial charge in [-0.2, -0.15) is 0 Å². The monoisotopic (exact) mass is 171 g/mol. The Morgan fingerprint density at radius 2 is 2.17 bits per heavy atom. The molecule has 0 heterocycles. The molecule has 0 aliphatic carbocycles. The second kappa shape index (κ2) is 7.32. The molecule has 0 aliphatic heterocycles. The van der Waals surface area contributed by atoms with E-state index in [1.807, 2.05) is 13.0 Å².